The van der Waals surface area contributed by atoms with E-state index in [1.54, 1.807) is 4.52 Å². The van der Waals surface area contributed by atoms with Gasteiger partial charge in [0, 0.05) is 36.3 Å². The van der Waals surface area contributed by atoms with Gasteiger partial charge in [-0.1, -0.05) is 19.4 Å². The van der Waals surface area contributed by atoms with Crippen LogP contribution in [0.25, 0.3) is 16.8 Å². The van der Waals surface area contributed by atoms with Gasteiger partial charge in [-0.05, 0) is 67.5 Å². The van der Waals surface area contributed by atoms with Gasteiger partial charge in [-0.15, -0.1) is 5.10 Å². The molecule has 7 heteroatoms. The first-order valence-corrected chi connectivity index (χ1v) is 11.2. The van der Waals surface area contributed by atoms with E-state index >= 15 is 0 Å². The molecule has 2 aliphatic rings. The quantitative estimate of drug-likeness (QED) is 0.659. The molecule has 1 aliphatic heterocycles. The highest BCUT2D eigenvalue weighted by atomic mass is 16.2. The number of rotatable bonds is 6. The summed E-state index contributed by atoms with van der Waals surface area (Å²) in [6, 6.07) is 9.94. The van der Waals surface area contributed by atoms with Gasteiger partial charge in [-0.25, -0.2) is 4.52 Å². The highest BCUT2D eigenvalue weighted by Crippen LogP contribution is 2.32. The van der Waals surface area contributed by atoms with Crippen molar-refractivity contribution in [1.82, 2.24) is 19.5 Å². The van der Waals surface area contributed by atoms with E-state index in [4.69, 9.17) is 0 Å². The Bertz CT molecular complexity index is 1140. The fraction of sp³-hybridized carbons (Fsp3) is 0.417. The number of amides is 2. The third-order valence-electron chi connectivity index (χ3n) is 6.10. The van der Waals surface area contributed by atoms with Crippen LogP contribution < -0.4 is 5.32 Å². The van der Waals surface area contributed by atoms with Crippen molar-refractivity contribution in [3.8, 4) is 11.1 Å². The average Bonchev–Trinajstić information content (AvgIpc) is 3.32. The molecule has 0 unspecified atom stereocenters. The Morgan fingerprint density at radius 2 is 1.94 bits per heavy atom. The smallest absolute Gasteiger partial charge is 0.253 e. The monoisotopic (exact) mass is 417 g/mol. The van der Waals surface area contributed by atoms with E-state index in [0.717, 1.165) is 73.9 Å². The van der Waals surface area contributed by atoms with E-state index in [1.165, 1.54) is 0 Å². The number of benzene rings is 1. The SMILES string of the molecule is CCCc1cc(C(=O)N2CCCC2)ccc1-c1cccn2nc(NC(=O)C3CC3)nc12. The van der Waals surface area contributed by atoms with E-state index in [0.29, 0.717) is 11.6 Å². The Balaban J connectivity index is 1.51. The van der Waals surface area contributed by atoms with Crippen LogP contribution in [0.5, 0.6) is 0 Å². The van der Waals surface area contributed by atoms with Gasteiger partial charge in [0.15, 0.2) is 5.65 Å². The third kappa shape index (κ3) is 3.92. The first kappa shape index (κ1) is 19.7. The van der Waals surface area contributed by atoms with Crippen LogP contribution in [0, 0.1) is 5.92 Å². The van der Waals surface area contributed by atoms with Gasteiger partial charge in [0.1, 0.15) is 0 Å². The highest BCUT2D eigenvalue weighted by molar-refractivity contribution is 5.96. The highest BCUT2D eigenvalue weighted by Gasteiger charge is 2.30. The normalized spacial score (nSPS) is 16.1. The summed E-state index contributed by atoms with van der Waals surface area (Å²) in [6.07, 6.45) is 7.73. The molecule has 2 aromatic heterocycles. The van der Waals surface area contributed by atoms with Crippen molar-refractivity contribution in [1.29, 1.82) is 0 Å². The maximum Gasteiger partial charge on any atom is 0.253 e. The number of carbonyl (C=O) groups excluding carboxylic acids is 2. The summed E-state index contributed by atoms with van der Waals surface area (Å²) in [5, 5.41) is 7.27. The summed E-state index contributed by atoms with van der Waals surface area (Å²) in [6.45, 7) is 3.83. The van der Waals surface area contributed by atoms with Crippen molar-refractivity contribution >= 4 is 23.4 Å². The lowest BCUT2D eigenvalue weighted by Gasteiger charge is -2.17. The third-order valence-corrected chi connectivity index (χ3v) is 6.10. The van der Waals surface area contributed by atoms with Crippen LogP contribution in [-0.4, -0.2) is 44.4 Å². The van der Waals surface area contributed by atoms with Crippen LogP contribution in [0.2, 0.25) is 0 Å². The fourth-order valence-corrected chi connectivity index (χ4v) is 4.30. The summed E-state index contributed by atoms with van der Waals surface area (Å²) < 4.78 is 1.71. The second kappa shape index (κ2) is 8.13. The van der Waals surface area contributed by atoms with Gasteiger partial charge >= 0.3 is 0 Å². The summed E-state index contributed by atoms with van der Waals surface area (Å²) in [5.74, 6) is 0.547. The number of nitrogens with zero attached hydrogens (tertiary/aromatic N) is 4. The van der Waals surface area contributed by atoms with Gasteiger partial charge in [-0.3, -0.25) is 14.9 Å². The van der Waals surface area contributed by atoms with Crippen LogP contribution in [-0.2, 0) is 11.2 Å². The molecule has 0 radical (unpaired) electrons. The molecule has 2 amide bonds. The van der Waals surface area contributed by atoms with Crippen molar-refractivity contribution < 1.29 is 9.59 Å². The standard InChI is InChI=1S/C24H27N5O2/c1-2-6-17-15-18(23(31)28-12-3-4-13-28)10-11-19(17)20-7-5-14-29-21(20)25-24(27-29)26-22(30)16-8-9-16/h5,7,10-11,14-16H,2-4,6,8-9,12-13H2,1H3,(H,26,27,30). The van der Waals surface area contributed by atoms with Crippen LogP contribution in [0.15, 0.2) is 36.5 Å². The molecule has 31 heavy (non-hydrogen) atoms. The molecule has 7 nitrogen and oxygen atoms in total. The Morgan fingerprint density at radius 3 is 2.68 bits per heavy atom. The van der Waals surface area contributed by atoms with Crippen molar-refractivity contribution in [3.05, 3.63) is 47.7 Å². The van der Waals surface area contributed by atoms with E-state index in [2.05, 4.69) is 22.3 Å². The lowest BCUT2D eigenvalue weighted by Crippen LogP contribution is -2.27. The molecule has 0 bridgehead atoms. The zero-order valence-corrected chi connectivity index (χ0v) is 17.8. The molecular weight excluding hydrogens is 390 g/mol. The number of hydrogen-bond acceptors (Lipinski definition) is 4. The molecule has 2 fully saturated rings. The molecule has 3 aromatic rings. The van der Waals surface area contributed by atoms with Crippen molar-refractivity contribution in [2.24, 2.45) is 5.92 Å². The van der Waals surface area contributed by atoms with Crippen LogP contribution >= 0.6 is 0 Å². The predicted molar refractivity (Wildman–Crippen MR) is 119 cm³/mol. The number of pyridine rings is 1. The first-order valence-electron chi connectivity index (χ1n) is 11.2. The van der Waals surface area contributed by atoms with Gasteiger partial charge in [0.25, 0.3) is 5.91 Å². The predicted octanol–water partition coefficient (Wildman–Crippen LogP) is 3.93. The number of fused-ring (bicyclic) bond motifs is 1. The Labute approximate surface area is 181 Å². The molecule has 0 atom stereocenters. The molecule has 1 N–H and O–H groups in total. The fourth-order valence-electron chi connectivity index (χ4n) is 4.30. The average molecular weight is 418 g/mol. The van der Waals surface area contributed by atoms with Gasteiger partial charge < -0.3 is 4.90 Å². The molecule has 1 saturated carbocycles. The number of aromatic nitrogens is 3. The summed E-state index contributed by atoms with van der Waals surface area (Å²) >= 11 is 0. The van der Waals surface area contributed by atoms with Gasteiger partial charge in [-0.2, -0.15) is 4.98 Å². The van der Waals surface area contributed by atoms with E-state index in [1.807, 2.05) is 41.4 Å². The molecule has 3 heterocycles. The number of nitrogens with one attached hydrogen (secondary N) is 1. The molecule has 1 aromatic carbocycles. The minimum Gasteiger partial charge on any atom is -0.339 e. The zero-order valence-electron chi connectivity index (χ0n) is 17.8. The molecule has 5 rings (SSSR count). The van der Waals surface area contributed by atoms with Crippen molar-refractivity contribution in [3.63, 3.8) is 0 Å². The van der Waals surface area contributed by atoms with E-state index in [9.17, 15) is 9.59 Å². The van der Waals surface area contributed by atoms with Crippen LogP contribution in [0.1, 0.15) is 54.9 Å². The number of likely N-dealkylation sites (tertiary alicyclic amines) is 1. The minimum atomic E-state index is -0.00564. The molecule has 0 spiro atoms. The lowest BCUT2D eigenvalue weighted by molar-refractivity contribution is -0.117. The summed E-state index contributed by atoms with van der Waals surface area (Å²) in [4.78, 5) is 31.6. The topological polar surface area (TPSA) is 79.6 Å². The summed E-state index contributed by atoms with van der Waals surface area (Å²) in [7, 11) is 0. The largest absolute Gasteiger partial charge is 0.339 e. The molecular formula is C24H27N5O2. The Morgan fingerprint density at radius 1 is 1.13 bits per heavy atom. The lowest BCUT2D eigenvalue weighted by atomic mass is 9.95. The maximum atomic E-state index is 12.9. The van der Waals surface area contributed by atoms with Crippen molar-refractivity contribution in [2.45, 2.75) is 45.4 Å². The molecule has 1 saturated heterocycles. The second-order valence-electron chi connectivity index (χ2n) is 8.51. The first-order chi connectivity index (χ1) is 15.1. The van der Waals surface area contributed by atoms with Gasteiger partial charge in [0.2, 0.25) is 11.9 Å². The number of hydrogen-bond donors (Lipinski definition) is 1. The minimum absolute atomic E-state index is 0.00564. The number of anilines is 1. The second-order valence-corrected chi connectivity index (χ2v) is 8.51. The maximum absolute atomic E-state index is 12.9. The van der Waals surface area contributed by atoms with E-state index < -0.39 is 0 Å². The van der Waals surface area contributed by atoms with Crippen LogP contribution in [0.3, 0.4) is 0 Å². The summed E-state index contributed by atoms with van der Waals surface area (Å²) in [5.41, 5.74) is 4.58. The molecule has 160 valence electrons. The Hall–Kier alpha value is -3.22. The number of carbonyl (C=O) groups is 2. The molecule has 1 aliphatic carbocycles. The van der Waals surface area contributed by atoms with Crippen LogP contribution in [0.4, 0.5) is 5.95 Å². The zero-order chi connectivity index (χ0) is 21.4. The Kier molecular flexibility index (Phi) is 5.18. The van der Waals surface area contributed by atoms with E-state index in [-0.39, 0.29) is 17.7 Å². The van der Waals surface area contributed by atoms with Gasteiger partial charge in [0.05, 0.1) is 0 Å². The number of aryl methyl sites for hydroxylation is 1. The van der Waals surface area contributed by atoms with Crippen molar-refractivity contribution in [2.75, 3.05) is 18.4 Å².